The highest BCUT2D eigenvalue weighted by molar-refractivity contribution is 6.02. The number of anilines is 1. The largest absolute Gasteiger partial charge is 0.355 e. The van der Waals surface area contributed by atoms with E-state index in [0.717, 1.165) is 25.7 Å². The second-order valence-corrected chi connectivity index (χ2v) is 8.80. The molecule has 4 heterocycles. The number of carbonyl (C=O) groups is 1. The number of piperidine rings is 1. The minimum atomic E-state index is -0.558. The molecule has 0 aromatic carbocycles. The maximum atomic E-state index is 13.4. The van der Waals surface area contributed by atoms with Gasteiger partial charge in [-0.3, -0.25) is 14.0 Å². The van der Waals surface area contributed by atoms with Crippen LogP contribution in [0.3, 0.4) is 0 Å². The molecule has 9 heteroatoms. The predicted molar refractivity (Wildman–Crippen MR) is 122 cm³/mol. The zero-order chi connectivity index (χ0) is 22.8. The molecule has 5 rings (SSSR count). The first-order valence-corrected chi connectivity index (χ1v) is 11.6. The molecule has 0 radical (unpaired) electrons. The lowest BCUT2D eigenvalue weighted by molar-refractivity contribution is -0.169. The molecule has 1 N–H and O–H groups in total. The van der Waals surface area contributed by atoms with Gasteiger partial charge in [0, 0.05) is 38.2 Å². The predicted octanol–water partition coefficient (Wildman–Crippen LogP) is 2.00. The Morgan fingerprint density at radius 3 is 2.64 bits per heavy atom. The van der Waals surface area contributed by atoms with Gasteiger partial charge in [-0.2, -0.15) is 5.26 Å². The van der Waals surface area contributed by atoms with Crippen molar-refractivity contribution in [3.63, 3.8) is 0 Å². The van der Waals surface area contributed by atoms with E-state index < -0.39 is 11.7 Å². The van der Waals surface area contributed by atoms with Gasteiger partial charge in [0.05, 0.1) is 18.8 Å². The third-order valence-corrected chi connectivity index (χ3v) is 6.73. The molecule has 9 nitrogen and oxygen atoms in total. The first kappa shape index (κ1) is 21.6. The van der Waals surface area contributed by atoms with E-state index >= 15 is 0 Å². The van der Waals surface area contributed by atoms with Crippen molar-refractivity contribution in [3.8, 4) is 6.07 Å². The van der Waals surface area contributed by atoms with Gasteiger partial charge < -0.3 is 19.7 Å². The van der Waals surface area contributed by atoms with E-state index in [1.165, 1.54) is 10.5 Å². The van der Waals surface area contributed by atoms with Gasteiger partial charge in [0.2, 0.25) is 0 Å². The van der Waals surface area contributed by atoms with Crippen molar-refractivity contribution >= 4 is 23.4 Å². The molecule has 0 unspecified atom stereocenters. The molecule has 1 aliphatic carbocycles. The molecule has 1 saturated carbocycles. The fourth-order valence-corrected chi connectivity index (χ4v) is 4.93. The van der Waals surface area contributed by atoms with E-state index in [4.69, 9.17) is 14.5 Å². The second kappa shape index (κ2) is 8.96. The average Bonchev–Trinajstić information content (AvgIpc) is 3.51. The van der Waals surface area contributed by atoms with Gasteiger partial charge in [0.1, 0.15) is 23.1 Å². The van der Waals surface area contributed by atoms with Crippen LogP contribution in [0.25, 0.3) is 11.7 Å². The molecule has 33 heavy (non-hydrogen) atoms. The average molecular weight is 450 g/mol. The summed E-state index contributed by atoms with van der Waals surface area (Å²) in [5, 5.41) is 12.7. The summed E-state index contributed by atoms with van der Waals surface area (Å²) in [6.45, 7) is 2.36. The molecular formula is C24H27N5O4. The normalized spacial score (nSPS) is 20.9. The van der Waals surface area contributed by atoms with Crippen LogP contribution in [0.15, 0.2) is 34.8 Å². The molecule has 1 spiro atoms. The summed E-state index contributed by atoms with van der Waals surface area (Å²) < 4.78 is 13.1. The first-order valence-electron chi connectivity index (χ1n) is 11.6. The van der Waals surface area contributed by atoms with Gasteiger partial charge in [-0.15, -0.1) is 0 Å². The summed E-state index contributed by atoms with van der Waals surface area (Å²) >= 11 is 0. The lowest BCUT2D eigenvalue weighted by Crippen LogP contribution is -2.46. The zero-order valence-electron chi connectivity index (χ0n) is 18.5. The molecule has 3 fully saturated rings. The minimum Gasteiger partial charge on any atom is -0.355 e. The Balaban J connectivity index is 1.52. The standard InChI is InChI=1S/C24H27N5O4/c25-16-17(22(30)26-18-5-1-2-6-18)15-19-21(27-20-7-3-4-10-29(20)23(19)31)28-11-8-24(9-12-28)32-13-14-33-24/h3-4,7,10,15,18H,1-2,5-6,8-9,11-14H2,(H,26,30). The van der Waals surface area contributed by atoms with Crippen LogP contribution in [0.4, 0.5) is 5.82 Å². The molecular weight excluding hydrogens is 422 g/mol. The first-order chi connectivity index (χ1) is 16.1. The van der Waals surface area contributed by atoms with Crippen molar-refractivity contribution < 1.29 is 14.3 Å². The number of hydrogen-bond acceptors (Lipinski definition) is 7. The Morgan fingerprint density at radius 1 is 1.21 bits per heavy atom. The van der Waals surface area contributed by atoms with E-state index in [9.17, 15) is 14.9 Å². The highest BCUT2D eigenvalue weighted by Crippen LogP contribution is 2.33. The van der Waals surface area contributed by atoms with Gasteiger partial charge in [-0.05, 0) is 31.1 Å². The molecule has 2 saturated heterocycles. The number of pyridine rings is 1. The topological polar surface area (TPSA) is 109 Å². The second-order valence-electron chi connectivity index (χ2n) is 8.80. The quantitative estimate of drug-likeness (QED) is 0.562. The van der Waals surface area contributed by atoms with Crippen LogP contribution >= 0.6 is 0 Å². The van der Waals surface area contributed by atoms with E-state index in [1.807, 2.05) is 17.0 Å². The number of hydrogen-bond donors (Lipinski definition) is 1. The minimum absolute atomic E-state index is 0.0780. The molecule has 2 aromatic rings. The number of carbonyl (C=O) groups excluding carboxylic acids is 1. The van der Waals surface area contributed by atoms with Crippen molar-refractivity contribution in [1.29, 1.82) is 5.26 Å². The number of fused-ring (bicyclic) bond motifs is 1. The Bertz CT molecular complexity index is 1180. The monoisotopic (exact) mass is 449 g/mol. The van der Waals surface area contributed by atoms with Gasteiger partial charge >= 0.3 is 0 Å². The Hall–Kier alpha value is -3.22. The van der Waals surface area contributed by atoms with Crippen LogP contribution < -0.4 is 15.8 Å². The zero-order valence-corrected chi connectivity index (χ0v) is 18.5. The molecule has 172 valence electrons. The smallest absolute Gasteiger partial charge is 0.267 e. The maximum absolute atomic E-state index is 13.4. The van der Waals surface area contributed by atoms with E-state index in [1.54, 1.807) is 18.3 Å². The van der Waals surface area contributed by atoms with Crippen LogP contribution in [-0.2, 0) is 14.3 Å². The number of nitriles is 1. The summed E-state index contributed by atoms with van der Waals surface area (Å²) in [5.74, 6) is -0.532. The van der Waals surface area contributed by atoms with Gasteiger partial charge in [-0.25, -0.2) is 4.98 Å². The van der Waals surface area contributed by atoms with Crippen LogP contribution in [0.2, 0.25) is 0 Å². The number of aromatic nitrogens is 2. The maximum Gasteiger partial charge on any atom is 0.267 e. The number of nitrogens with one attached hydrogen (secondary N) is 1. The van der Waals surface area contributed by atoms with Crippen molar-refractivity contribution in [1.82, 2.24) is 14.7 Å². The number of amides is 1. The lowest BCUT2D eigenvalue weighted by Gasteiger charge is -2.38. The fourth-order valence-electron chi connectivity index (χ4n) is 4.93. The van der Waals surface area contributed by atoms with Crippen molar-refractivity contribution in [3.05, 3.63) is 45.9 Å². The van der Waals surface area contributed by atoms with Crippen LogP contribution in [0.5, 0.6) is 0 Å². The van der Waals surface area contributed by atoms with Crippen molar-refractivity contribution in [2.75, 3.05) is 31.2 Å². The summed E-state index contributed by atoms with van der Waals surface area (Å²) in [6, 6.07) is 7.40. The Labute approximate surface area is 191 Å². The van der Waals surface area contributed by atoms with Gasteiger partial charge in [0.25, 0.3) is 11.5 Å². The van der Waals surface area contributed by atoms with Gasteiger partial charge in [0.15, 0.2) is 5.79 Å². The van der Waals surface area contributed by atoms with Crippen LogP contribution in [0, 0.1) is 11.3 Å². The lowest BCUT2D eigenvalue weighted by atomic mass is 10.0. The summed E-state index contributed by atoms with van der Waals surface area (Å²) in [7, 11) is 0. The fraction of sp³-hybridized carbons (Fsp3) is 0.500. The molecule has 0 bridgehead atoms. The van der Waals surface area contributed by atoms with Crippen LogP contribution in [-0.4, -0.2) is 53.4 Å². The third-order valence-electron chi connectivity index (χ3n) is 6.73. The highest BCUT2D eigenvalue weighted by Gasteiger charge is 2.40. The van der Waals surface area contributed by atoms with Gasteiger partial charge in [-0.1, -0.05) is 18.9 Å². The Morgan fingerprint density at radius 2 is 1.94 bits per heavy atom. The molecule has 1 amide bonds. The summed E-state index contributed by atoms with van der Waals surface area (Å²) in [4.78, 5) is 33.0. The van der Waals surface area contributed by atoms with Crippen LogP contribution in [0.1, 0.15) is 44.1 Å². The molecule has 2 aliphatic heterocycles. The number of nitrogens with zero attached hydrogens (tertiary/aromatic N) is 4. The molecule has 3 aliphatic rings. The van der Waals surface area contributed by atoms with Crippen molar-refractivity contribution in [2.45, 2.75) is 50.4 Å². The Kier molecular flexibility index (Phi) is 5.87. The van der Waals surface area contributed by atoms with E-state index in [-0.39, 0.29) is 22.7 Å². The van der Waals surface area contributed by atoms with Crippen molar-refractivity contribution in [2.24, 2.45) is 0 Å². The summed E-state index contributed by atoms with van der Waals surface area (Å²) in [5.41, 5.74) is 0.345. The van der Waals surface area contributed by atoms with E-state index in [2.05, 4.69) is 5.32 Å². The summed E-state index contributed by atoms with van der Waals surface area (Å²) in [6.07, 6.45) is 8.30. The third kappa shape index (κ3) is 4.24. The SMILES string of the molecule is N#CC(=Cc1c(N2CCC3(CC2)OCCO3)nc2ccccn2c1=O)C(=O)NC1CCCC1. The number of ether oxygens (including phenoxy) is 2. The molecule has 2 aromatic heterocycles. The molecule has 0 atom stereocenters. The van der Waals surface area contributed by atoms with E-state index in [0.29, 0.717) is 50.6 Å². The highest BCUT2D eigenvalue weighted by atomic mass is 16.7. The number of rotatable bonds is 4.